The fourth-order valence-electron chi connectivity index (χ4n) is 6.38. The summed E-state index contributed by atoms with van der Waals surface area (Å²) in [6.45, 7) is 9.69. The van der Waals surface area contributed by atoms with E-state index < -0.39 is 66.8 Å². The highest BCUT2D eigenvalue weighted by molar-refractivity contribution is 7.82. The van der Waals surface area contributed by atoms with Crippen LogP contribution in [0.25, 0.3) is 0 Å². The average molecular weight is 834 g/mol. The van der Waals surface area contributed by atoms with Crippen LogP contribution < -0.4 is 19.5 Å². The maximum absolute atomic E-state index is 14.2. The number of amides is 1. The SMILES string of the molecule is CC.Cc1nc(COc2ccc(C[C@H](NC(=O)OC3CO[C@H]4OCCC34)C(CN(CC(C)C)S(=O)c3ccc4c(c3)OCO4)OC(=O)COCC(=O)O)cc2)cs1. The van der Waals surface area contributed by atoms with Crippen LogP contribution in [-0.2, 0) is 57.3 Å². The van der Waals surface area contributed by atoms with E-state index in [0.717, 1.165) is 16.3 Å². The van der Waals surface area contributed by atoms with Crippen molar-refractivity contribution in [2.24, 2.45) is 11.8 Å². The summed E-state index contributed by atoms with van der Waals surface area (Å²) in [5.74, 6) is -0.630. The normalized spacial score (nSPS) is 19.6. The van der Waals surface area contributed by atoms with Crippen LogP contribution >= 0.6 is 11.3 Å². The number of ether oxygens (including phenoxy) is 8. The molecule has 0 radical (unpaired) electrons. The van der Waals surface area contributed by atoms with E-state index in [1.165, 1.54) is 0 Å². The van der Waals surface area contributed by atoms with Gasteiger partial charge in [0.1, 0.15) is 48.8 Å². The topological polar surface area (TPSA) is 191 Å². The Balaban J connectivity index is 0.00000305. The number of thiazole rings is 1. The van der Waals surface area contributed by atoms with Gasteiger partial charge in [0.25, 0.3) is 0 Å². The van der Waals surface area contributed by atoms with Gasteiger partial charge in [-0.2, -0.15) is 0 Å². The Labute approximate surface area is 338 Å². The minimum Gasteiger partial charge on any atom is -0.487 e. The number of carbonyl (C=O) groups is 3. The maximum Gasteiger partial charge on any atom is 0.407 e. The molecular formula is C39H51N3O13S2. The molecule has 1 aromatic heterocycles. The Kier molecular flexibility index (Phi) is 16.5. The van der Waals surface area contributed by atoms with Crippen LogP contribution in [0, 0.1) is 18.8 Å². The van der Waals surface area contributed by atoms with Gasteiger partial charge in [-0.25, -0.2) is 27.9 Å². The van der Waals surface area contributed by atoms with Gasteiger partial charge in [0, 0.05) is 18.0 Å². The molecule has 312 valence electrons. The zero-order valence-corrected chi connectivity index (χ0v) is 34.3. The molecule has 1 amide bonds. The van der Waals surface area contributed by atoms with Gasteiger partial charge in [-0.15, -0.1) is 11.3 Å². The molecule has 2 N–H and O–H groups in total. The standard InChI is InChI=1S/C37H45N3O13S2.C2H6/c1-22(2)14-40(55(45)27-8-9-30-31(13-27)51-21-50-30)15-32(52-35(43)19-46-18-34(41)42)29(39-37(44)53-33-17-49-36-28(33)10-11-47-36)12-24-4-6-26(7-5-24)48-16-25-20-54-23(3)38-25;1-2/h4-9,13,20,22,28-29,32-33,36H,10-12,14-19,21H2,1-3H3,(H,39,44)(H,41,42);1-2H3/t28?,29-,32?,33?,36+,55?;/m0./s1. The summed E-state index contributed by atoms with van der Waals surface area (Å²) in [6.07, 6.45) is -2.06. The number of hydrogen-bond acceptors (Lipinski definition) is 14. The van der Waals surface area contributed by atoms with E-state index in [1.807, 2.05) is 52.1 Å². The molecule has 16 nitrogen and oxygen atoms in total. The smallest absolute Gasteiger partial charge is 0.407 e. The first-order chi connectivity index (χ1) is 27.5. The van der Waals surface area contributed by atoms with E-state index in [1.54, 1.807) is 46.0 Å². The van der Waals surface area contributed by atoms with Crippen LogP contribution in [0.3, 0.4) is 0 Å². The lowest BCUT2D eigenvalue weighted by molar-refractivity contribution is -0.158. The summed E-state index contributed by atoms with van der Waals surface area (Å²) in [5.41, 5.74) is 1.57. The summed E-state index contributed by atoms with van der Waals surface area (Å²) in [7, 11) is -1.78. The fraction of sp³-hybridized carbons (Fsp3) is 0.538. The number of fused-ring (bicyclic) bond motifs is 2. The lowest BCUT2D eigenvalue weighted by Crippen LogP contribution is -2.53. The highest BCUT2D eigenvalue weighted by Crippen LogP contribution is 2.35. The van der Waals surface area contributed by atoms with Crippen molar-refractivity contribution in [3.63, 3.8) is 0 Å². The minimum absolute atomic E-state index is 0.0225. The van der Waals surface area contributed by atoms with Crippen LogP contribution in [0.1, 0.15) is 50.4 Å². The third-order valence-corrected chi connectivity index (χ3v) is 11.1. The van der Waals surface area contributed by atoms with Gasteiger partial charge in [0.05, 0.1) is 47.3 Å². The minimum atomic E-state index is -1.78. The summed E-state index contributed by atoms with van der Waals surface area (Å²) < 4.78 is 60.9. The van der Waals surface area contributed by atoms with Crippen LogP contribution in [0.5, 0.6) is 17.2 Å². The van der Waals surface area contributed by atoms with Crippen LogP contribution in [-0.4, -0.2) is 107 Å². The van der Waals surface area contributed by atoms with E-state index in [-0.39, 0.29) is 38.2 Å². The van der Waals surface area contributed by atoms with Gasteiger partial charge < -0.3 is 48.3 Å². The molecule has 3 aliphatic rings. The second-order valence-electron chi connectivity index (χ2n) is 13.6. The van der Waals surface area contributed by atoms with Crippen molar-refractivity contribution >= 4 is 40.4 Å². The van der Waals surface area contributed by atoms with Crippen molar-refractivity contribution in [1.29, 1.82) is 0 Å². The van der Waals surface area contributed by atoms with Crippen LogP contribution in [0.2, 0.25) is 0 Å². The fourth-order valence-corrected chi connectivity index (χ4v) is 8.38. The molecule has 0 aliphatic carbocycles. The molecule has 3 aliphatic heterocycles. The number of nitrogens with one attached hydrogen (secondary N) is 1. The molecule has 2 fully saturated rings. The number of aliphatic carboxylic acids is 1. The average Bonchev–Trinajstić information content (AvgIpc) is 4.01. The van der Waals surface area contributed by atoms with E-state index >= 15 is 0 Å². The van der Waals surface area contributed by atoms with Crippen molar-refractivity contribution in [3.05, 3.63) is 64.1 Å². The number of aryl methyl sites for hydroxylation is 1. The Morgan fingerprint density at radius 2 is 1.82 bits per heavy atom. The summed E-state index contributed by atoms with van der Waals surface area (Å²) in [5, 5.41) is 14.8. The lowest BCUT2D eigenvalue weighted by atomic mass is 10.0. The number of rotatable bonds is 19. The van der Waals surface area contributed by atoms with E-state index in [0.29, 0.717) is 48.3 Å². The molecule has 6 atom stereocenters. The maximum atomic E-state index is 14.2. The van der Waals surface area contributed by atoms with Gasteiger partial charge in [0.2, 0.25) is 6.79 Å². The van der Waals surface area contributed by atoms with E-state index in [9.17, 15) is 18.6 Å². The molecule has 57 heavy (non-hydrogen) atoms. The number of hydrogen-bond donors (Lipinski definition) is 2. The highest BCUT2D eigenvalue weighted by Gasteiger charge is 2.44. The van der Waals surface area contributed by atoms with Gasteiger partial charge in [-0.3, -0.25) is 0 Å². The largest absolute Gasteiger partial charge is 0.487 e. The molecule has 18 heteroatoms. The number of esters is 1. The molecule has 2 saturated heterocycles. The molecule has 4 heterocycles. The van der Waals surface area contributed by atoms with Gasteiger partial charge in [-0.05, 0) is 55.5 Å². The van der Waals surface area contributed by atoms with Gasteiger partial charge in [0.15, 0.2) is 17.8 Å². The monoisotopic (exact) mass is 833 g/mol. The Hall–Kier alpha value is -4.33. The summed E-state index contributed by atoms with van der Waals surface area (Å²) in [6, 6.07) is 11.3. The zero-order valence-electron chi connectivity index (χ0n) is 32.7. The predicted molar refractivity (Wildman–Crippen MR) is 207 cm³/mol. The summed E-state index contributed by atoms with van der Waals surface area (Å²) in [4.78, 5) is 42.8. The lowest BCUT2D eigenvalue weighted by Gasteiger charge is -2.33. The third kappa shape index (κ3) is 12.8. The third-order valence-electron chi connectivity index (χ3n) is 8.89. The number of alkyl carbamates (subject to hydrolysis) is 1. The molecule has 0 bridgehead atoms. The van der Waals surface area contributed by atoms with Crippen LogP contribution in [0.15, 0.2) is 52.7 Å². The molecule has 2 aromatic carbocycles. The molecular weight excluding hydrogens is 783 g/mol. The second-order valence-corrected chi connectivity index (χ2v) is 16.2. The number of carbonyl (C=O) groups excluding carboxylic acids is 2. The number of aromatic nitrogens is 1. The molecule has 6 rings (SSSR count). The quantitative estimate of drug-likeness (QED) is 0.156. The van der Waals surface area contributed by atoms with Gasteiger partial charge in [-0.1, -0.05) is 39.8 Å². The number of benzene rings is 2. The number of nitrogens with zero attached hydrogens (tertiary/aromatic N) is 2. The first-order valence-corrected chi connectivity index (χ1v) is 20.9. The molecule has 0 spiro atoms. The van der Waals surface area contributed by atoms with Gasteiger partial charge >= 0.3 is 18.0 Å². The van der Waals surface area contributed by atoms with E-state index in [4.69, 9.17) is 43.0 Å². The second kappa shape index (κ2) is 21.4. The first kappa shape index (κ1) is 43.8. The zero-order chi connectivity index (χ0) is 40.9. The predicted octanol–water partition coefficient (Wildman–Crippen LogP) is 4.88. The van der Waals surface area contributed by atoms with Crippen molar-refractivity contribution in [2.45, 2.75) is 83.5 Å². The Morgan fingerprint density at radius 3 is 2.54 bits per heavy atom. The Bertz CT molecular complexity index is 1810. The molecule has 0 saturated carbocycles. The number of carboxylic acids is 1. The van der Waals surface area contributed by atoms with Crippen molar-refractivity contribution in [2.75, 3.05) is 46.3 Å². The highest BCUT2D eigenvalue weighted by atomic mass is 32.2. The van der Waals surface area contributed by atoms with Crippen LogP contribution in [0.4, 0.5) is 4.79 Å². The first-order valence-electron chi connectivity index (χ1n) is 18.9. The van der Waals surface area contributed by atoms with Crippen molar-refractivity contribution in [1.82, 2.24) is 14.6 Å². The summed E-state index contributed by atoms with van der Waals surface area (Å²) >= 11 is 1.54. The molecule has 4 unspecified atom stereocenters. The number of carboxylic acid groups (broad SMARTS) is 1. The van der Waals surface area contributed by atoms with Crippen molar-refractivity contribution < 1.29 is 61.6 Å². The van der Waals surface area contributed by atoms with Crippen molar-refractivity contribution in [3.8, 4) is 17.2 Å². The Morgan fingerprint density at radius 1 is 1.05 bits per heavy atom. The van der Waals surface area contributed by atoms with E-state index in [2.05, 4.69) is 10.3 Å². The molecule has 3 aromatic rings.